The van der Waals surface area contributed by atoms with Gasteiger partial charge in [-0.1, -0.05) is 72.4 Å². The number of para-hydroxylation sites is 3. The van der Waals surface area contributed by atoms with Gasteiger partial charge in [0.25, 0.3) is 0 Å². The van der Waals surface area contributed by atoms with Crippen LogP contribution < -0.4 is 9.47 Å². The summed E-state index contributed by atoms with van der Waals surface area (Å²) in [6, 6.07) is 31.2. The number of hydrogen-bond donors (Lipinski definition) is 0. The van der Waals surface area contributed by atoms with Gasteiger partial charge >= 0.3 is 0 Å². The lowest BCUT2D eigenvalue weighted by Crippen LogP contribution is -2.13. The van der Waals surface area contributed by atoms with Crippen LogP contribution in [0.4, 0.5) is 0 Å². The summed E-state index contributed by atoms with van der Waals surface area (Å²) >= 11 is 1.79. The van der Waals surface area contributed by atoms with Crippen molar-refractivity contribution < 1.29 is 9.47 Å². The molecule has 2 heterocycles. The van der Waals surface area contributed by atoms with Crippen LogP contribution in [0.5, 0.6) is 23.0 Å². The van der Waals surface area contributed by atoms with Crippen LogP contribution in [0.25, 0.3) is 0 Å². The zero-order valence-electron chi connectivity index (χ0n) is 15.0. The molecule has 0 radical (unpaired) electrons. The summed E-state index contributed by atoms with van der Waals surface area (Å²) in [4.78, 5) is 2.33. The molecule has 0 aromatic heterocycles. The molecule has 4 aromatic carbocycles. The van der Waals surface area contributed by atoms with Gasteiger partial charge in [0.2, 0.25) is 0 Å². The maximum absolute atomic E-state index is 6.23. The predicted octanol–water partition coefficient (Wildman–Crippen LogP) is 7.23. The molecular formula is C25H16O2S. The Balaban J connectivity index is 1.58. The van der Waals surface area contributed by atoms with Gasteiger partial charge in [-0.05, 0) is 35.9 Å². The van der Waals surface area contributed by atoms with Gasteiger partial charge in [0.1, 0.15) is 23.0 Å². The van der Waals surface area contributed by atoms with Crippen molar-refractivity contribution in [3.63, 3.8) is 0 Å². The largest absolute Gasteiger partial charge is 0.457 e. The molecule has 0 N–H and O–H groups in total. The van der Waals surface area contributed by atoms with Crippen LogP contribution >= 0.6 is 11.8 Å². The van der Waals surface area contributed by atoms with E-state index in [9.17, 15) is 0 Å². The molecule has 2 nitrogen and oxygen atoms in total. The van der Waals surface area contributed by atoms with Crippen LogP contribution in [-0.4, -0.2) is 0 Å². The summed E-state index contributed by atoms with van der Waals surface area (Å²) in [5.74, 6) is 3.79. The molecule has 134 valence electrons. The van der Waals surface area contributed by atoms with Gasteiger partial charge in [-0.2, -0.15) is 0 Å². The van der Waals surface area contributed by atoms with Crippen molar-refractivity contribution in [2.24, 2.45) is 0 Å². The molecule has 0 saturated carbocycles. The van der Waals surface area contributed by atoms with E-state index in [0.29, 0.717) is 0 Å². The number of hydrogen-bond acceptors (Lipinski definition) is 3. The molecule has 6 rings (SSSR count). The summed E-state index contributed by atoms with van der Waals surface area (Å²) in [6.45, 7) is 0. The van der Waals surface area contributed by atoms with E-state index < -0.39 is 0 Å². The second kappa shape index (κ2) is 6.18. The minimum atomic E-state index is 0.109. The first-order chi connectivity index (χ1) is 13.9. The first kappa shape index (κ1) is 15.8. The molecule has 0 saturated heterocycles. The fourth-order valence-corrected chi connectivity index (χ4v) is 5.13. The number of benzene rings is 4. The van der Waals surface area contributed by atoms with E-state index in [1.54, 1.807) is 11.8 Å². The molecule has 0 bridgehead atoms. The molecule has 0 atom stereocenters. The molecule has 2 aliphatic heterocycles. The topological polar surface area (TPSA) is 18.5 Å². The lowest BCUT2D eigenvalue weighted by atomic mass is 9.82. The molecule has 3 heteroatoms. The van der Waals surface area contributed by atoms with Gasteiger partial charge in [0.15, 0.2) is 0 Å². The lowest BCUT2D eigenvalue weighted by molar-refractivity contribution is 0.444. The summed E-state index contributed by atoms with van der Waals surface area (Å²) in [5, 5.41) is 0. The molecule has 2 aliphatic rings. The van der Waals surface area contributed by atoms with Crippen molar-refractivity contribution in [1.82, 2.24) is 0 Å². The first-order valence-electron chi connectivity index (χ1n) is 9.32. The van der Waals surface area contributed by atoms with Gasteiger partial charge in [-0.3, -0.25) is 0 Å². The van der Waals surface area contributed by atoms with Crippen molar-refractivity contribution >= 4 is 11.8 Å². The Morgan fingerprint density at radius 2 is 1.04 bits per heavy atom. The highest BCUT2D eigenvalue weighted by Gasteiger charge is 2.32. The average molecular weight is 380 g/mol. The fourth-order valence-electron chi connectivity index (χ4n) is 4.04. The third kappa shape index (κ3) is 2.36. The second-order valence-electron chi connectivity index (χ2n) is 6.94. The van der Waals surface area contributed by atoms with Crippen LogP contribution in [-0.2, 0) is 0 Å². The normalized spacial score (nSPS) is 14.0. The second-order valence-corrected chi connectivity index (χ2v) is 7.99. The molecule has 0 spiro atoms. The highest BCUT2D eigenvalue weighted by molar-refractivity contribution is 7.99. The van der Waals surface area contributed by atoms with E-state index in [1.807, 2.05) is 36.4 Å². The van der Waals surface area contributed by atoms with E-state index in [4.69, 9.17) is 9.47 Å². The van der Waals surface area contributed by atoms with Crippen LogP contribution in [0.1, 0.15) is 22.6 Å². The third-order valence-electron chi connectivity index (χ3n) is 5.28. The summed E-state index contributed by atoms with van der Waals surface area (Å²) < 4.78 is 12.4. The smallest absolute Gasteiger partial charge is 0.141 e. The van der Waals surface area contributed by atoms with Gasteiger partial charge in [0.05, 0.1) is 9.79 Å². The van der Waals surface area contributed by atoms with Gasteiger partial charge < -0.3 is 9.47 Å². The van der Waals surface area contributed by atoms with Gasteiger partial charge in [-0.25, -0.2) is 0 Å². The van der Waals surface area contributed by atoms with E-state index in [-0.39, 0.29) is 5.92 Å². The number of rotatable bonds is 1. The van der Waals surface area contributed by atoms with Crippen LogP contribution in [0, 0.1) is 0 Å². The Morgan fingerprint density at radius 3 is 1.79 bits per heavy atom. The highest BCUT2D eigenvalue weighted by atomic mass is 32.2. The minimum Gasteiger partial charge on any atom is -0.457 e. The quantitative estimate of drug-likeness (QED) is 0.300. The summed E-state index contributed by atoms with van der Waals surface area (Å²) in [7, 11) is 0. The molecule has 0 unspecified atom stereocenters. The highest BCUT2D eigenvalue weighted by Crippen LogP contribution is 2.54. The van der Waals surface area contributed by atoms with Crippen molar-refractivity contribution in [2.75, 3.05) is 0 Å². The number of ether oxygens (including phenoxy) is 2. The Bertz CT molecular complexity index is 1170. The Morgan fingerprint density at radius 1 is 0.500 bits per heavy atom. The average Bonchev–Trinajstić information content (AvgIpc) is 2.76. The molecule has 4 aromatic rings. The maximum Gasteiger partial charge on any atom is 0.141 e. The van der Waals surface area contributed by atoms with E-state index in [1.165, 1.54) is 21.6 Å². The van der Waals surface area contributed by atoms with Crippen molar-refractivity contribution in [3.05, 3.63) is 108 Å². The van der Waals surface area contributed by atoms with Crippen molar-refractivity contribution in [1.29, 1.82) is 0 Å². The number of fused-ring (bicyclic) bond motifs is 4. The van der Waals surface area contributed by atoms with Crippen molar-refractivity contribution in [3.8, 4) is 23.0 Å². The molecular weight excluding hydrogens is 364 g/mol. The lowest BCUT2D eigenvalue weighted by Gasteiger charge is -2.31. The zero-order valence-corrected chi connectivity index (χ0v) is 15.8. The van der Waals surface area contributed by atoms with Crippen LogP contribution in [0.3, 0.4) is 0 Å². The maximum atomic E-state index is 6.23. The summed E-state index contributed by atoms with van der Waals surface area (Å²) in [5.41, 5.74) is 3.63. The van der Waals surface area contributed by atoms with Gasteiger partial charge in [0, 0.05) is 17.0 Å². The Hall–Kier alpha value is -3.17. The Labute approximate surface area is 167 Å². The van der Waals surface area contributed by atoms with Gasteiger partial charge in [-0.15, -0.1) is 0 Å². The van der Waals surface area contributed by atoms with Crippen LogP contribution in [0.2, 0.25) is 0 Å². The van der Waals surface area contributed by atoms with E-state index in [0.717, 1.165) is 27.9 Å². The predicted molar refractivity (Wildman–Crippen MR) is 111 cm³/mol. The first-order valence-corrected chi connectivity index (χ1v) is 10.1. The van der Waals surface area contributed by atoms with Crippen molar-refractivity contribution in [2.45, 2.75) is 15.7 Å². The van der Waals surface area contributed by atoms with Crippen LogP contribution in [0.15, 0.2) is 101 Å². The molecule has 0 aliphatic carbocycles. The fraction of sp³-hybridized carbons (Fsp3) is 0.0400. The van der Waals surface area contributed by atoms with E-state index >= 15 is 0 Å². The molecule has 0 amide bonds. The zero-order chi connectivity index (χ0) is 18.5. The molecule has 28 heavy (non-hydrogen) atoms. The Kier molecular flexibility index (Phi) is 3.50. The van der Waals surface area contributed by atoms with E-state index in [2.05, 4.69) is 54.6 Å². The third-order valence-corrected chi connectivity index (χ3v) is 6.48. The minimum absolute atomic E-state index is 0.109. The SMILES string of the molecule is c1ccc2c(c1)Oc1cccc(C3c4ccccc4Oc4ccccc43)c1S2. The molecule has 0 fully saturated rings. The standard InChI is InChI=1S/C25H16O2S/c1-3-11-19-16(8-1)24(17-9-2-4-12-20(17)26-19)18-10-7-14-22-25(18)28-23-15-6-5-13-21(23)27-22/h1-15,24H. The monoisotopic (exact) mass is 380 g/mol. The summed E-state index contributed by atoms with van der Waals surface area (Å²) in [6.07, 6.45) is 0.